The minimum Gasteiger partial charge on any atom is -0.478 e. The van der Waals surface area contributed by atoms with Gasteiger partial charge in [0.05, 0.1) is 0 Å². The number of hydrogen-bond acceptors (Lipinski definition) is 4. The van der Waals surface area contributed by atoms with Gasteiger partial charge in [-0.25, -0.2) is 4.98 Å². The molecule has 0 saturated heterocycles. The number of nitrogens with one attached hydrogen (secondary N) is 1. The summed E-state index contributed by atoms with van der Waals surface area (Å²) < 4.78 is 11.7. The summed E-state index contributed by atoms with van der Waals surface area (Å²) in [5, 5.41) is 2.91. The van der Waals surface area contributed by atoms with Crippen molar-refractivity contribution in [1.29, 1.82) is 0 Å². The lowest BCUT2D eigenvalue weighted by molar-refractivity contribution is -0.128. The average Bonchev–Trinajstić information content (AvgIpc) is 3.12. The van der Waals surface area contributed by atoms with Crippen molar-refractivity contribution in [2.45, 2.75) is 26.4 Å². The van der Waals surface area contributed by atoms with Gasteiger partial charge in [0.1, 0.15) is 11.3 Å². The molecule has 146 valence electrons. The van der Waals surface area contributed by atoms with Crippen LogP contribution in [0.25, 0.3) is 22.6 Å². The number of anilines is 1. The first kappa shape index (κ1) is 18.7. The number of oxazole rings is 1. The second-order valence-corrected chi connectivity index (χ2v) is 7.40. The highest BCUT2D eigenvalue weighted by Gasteiger charge is 2.30. The van der Waals surface area contributed by atoms with Crippen LogP contribution in [0.4, 0.5) is 5.69 Å². The Balaban J connectivity index is 1.55. The number of ether oxygens (including phenoxy) is 1. The molecule has 29 heavy (non-hydrogen) atoms. The van der Waals surface area contributed by atoms with E-state index < -0.39 is 5.60 Å². The van der Waals surface area contributed by atoms with E-state index in [0.29, 0.717) is 28.4 Å². The molecule has 1 N–H and O–H groups in total. The fourth-order valence-corrected chi connectivity index (χ4v) is 3.04. The summed E-state index contributed by atoms with van der Waals surface area (Å²) in [6.07, 6.45) is 0. The molecule has 0 bridgehead atoms. The number of benzene rings is 3. The van der Waals surface area contributed by atoms with E-state index in [1.165, 1.54) is 0 Å². The smallest absolute Gasteiger partial charge is 0.267 e. The lowest BCUT2D eigenvalue weighted by Crippen LogP contribution is -2.42. The standard InChI is InChI=1S/C24H22N2O3/c1-16-9-7-8-12-19(16)22-26-20-15-17(13-14-21(20)28-22)25-23(27)24(2,3)29-18-10-5-4-6-11-18/h4-15H,1-3H3,(H,25,27). The Labute approximate surface area is 169 Å². The fraction of sp³-hybridized carbons (Fsp3) is 0.167. The largest absolute Gasteiger partial charge is 0.478 e. The molecule has 0 spiro atoms. The predicted molar refractivity (Wildman–Crippen MR) is 114 cm³/mol. The molecule has 0 radical (unpaired) electrons. The lowest BCUT2D eigenvalue weighted by Gasteiger charge is -2.25. The van der Waals surface area contributed by atoms with Gasteiger partial charge in [-0.2, -0.15) is 0 Å². The van der Waals surface area contributed by atoms with Gasteiger partial charge < -0.3 is 14.5 Å². The normalized spacial score (nSPS) is 11.4. The Hall–Kier alpha value is -3.60. The van der Waals surface area contributed by atoms with Crippen molar-refractivity contribution >= 4 is 22.7 Å². The average molecular weight is 386 g/mol. The van der Waals surface area contributed by atoms with Crippen LogP contribution in [-0.4, -0.2) is 16.5 Å². The molecule has 0 unspecified atom stereocenters. The summed E-state index contributed by atoms with van der Waals surface area (Å²) in [7, 11) is 0. The monoisotopic (exact) mass is 386 g/mol. The van der Waals surface area contributed by atoms with Crippen LogP contribution in [0, 0.1) is 6.92 Å². The number of amides is 1. The molecule has 0 aliphatic rings. The molecular formula is C24H22N2O3. The SMILES string of the molecule is Cc1ccccc1-c1nc2cc(NC(=O)C(C)(C)Oc3ccccc3)ccc2o1. The molecule has 0 aliphatic carbocycles. The topological polar surface area (TPSA) is 64.4 Å². The summed E-state index contributed by atoms with van der Waals surface area (Å²) in [6.45, 7) is 5.49. The van der Waals surface area contributed by atoms with Crippen molar-refractivity contribution in [2.24, 2.45) is 0 Å². The number of carbonyl (C=O) groups excluding carboxylic acids is 1. The number of fused-ring (bicyclic) bond motifs is 1. The van der Waals surface area contributed by atoms with Gasteiger partial charge in [0.2, 0.25) is 5.89 Å². The quantitative estimate of drug-likeness (QED) is 0.485. The van der Waals surface area contributed by atoms with Crippen LogP contribution in [0.1, 0.15) is 19.4 Å². The molecule has 3 aromatic carbocycles. The molecule has 5 nitrogen and oxygen atoms in total. The molecule has 0 saturated carbocycles. The van der Waals surface area contributed by atoms with E-state index in [9.17, 15) is 4.79 Å². The molecule has 0 fully saturated rings. The first-order valence-electron chi connectivity index (χ1n) is 9.44. The van der Waals surface area contributed by atoms with Crippen LogP contribution >= 0.6 is 0 Å². The van der Waals surface area contributed by atoms with Crippen LogP contribution in [-0.2, 0) is 4.79 Å². The van der Waals surface area contributed by atoms with Crippen molar-refractivity contribution < 1.29 is 13.9 Å². The minimum absolute atomic E-state index is 0.247. The highest BCUT2D eigenvalue weighted by molar-refractivity contribution is 5.98. The van der Waals surface area contributed by atoms with Gasteiger partial charge in [0.15, 0.2) is 11.2 Å². The lowest BCUT2D eigenvalue weighted by atomic mass is 10.1. The summed E-state index contributed by atoms with van der Waals surface area (Å²) in [4.78, 5) is 17.4. The third kappa shape index (κ3) is 3.99. The van der Waals surface area contributed by atoms with Crippen LogP contribution in [0.5, 0.6) is 5.75 Å². The first-order chi connectivity index (χ1) is 13.9. The highest BCUT2D eigenvalue weighted by Crippen LogP contribution is 2.28. The van der Waals surface area contributed by atoms with Crippen LogP contribution in [0.3, 0.4) is 0 Å². The number of hydrogen-bond donors (Lipinski definition) is 1. The first-order valence-corrected chi connectivity index (χ1v) is 9.44. The van der Waals surface area contributed by atoms with Gasteiger partial charge in [0.25, 0.3) is 5.91 Å². The van der Waals surface area contributed by atoms with E-state index in [0.717, 1.165) is 11.1 Å². The van der Waals surface area contributed by atoms with E-state index in [1.54, 1.807) is 26.0 Å². The number of rotatable bonds is 5. The Morgan fingerprint density at radius 1 is 1.00 bits per heavy atom. The number of carbonyl (C=O) groups is 1. The van der Waals surface area contributed by atoms with Crippen molar-refractivity contribution in [3.63, 3.8) is 0 Å². The molecule has 0 atom stereocenters. The molecular weight excluding hydrogens is 364 g/mol. The molecule has 1 amide bonds. The second-order valence-electron chi connectivity index (χ2n) is 7.40. The van der Waals surface area contributed by atoms with E-state index in [4.69, 9.17) is 9.15 Å². The van der Waals surface area contributed by atoms with Crippen LogP contribution in [0.2, 0.25) is 0 Å². The molecule has 0 aliphatic heterocycles. The van der Waals surface area contributed by atoms with E-state index in [-0.39, 0.29) is 5.91 Å². The number of nitrogens with zero attached hydrogens (tertiary/aromatic N) is 1. The Morgan fingerprint density at radius 3 is 2.48 bits per heavy atom. The molecule has 1 aromatic heterocycles. The van der Waals surface area contributed by atoms with Crippen molar-refractivity contribution in [2.75, 3.05) is 5.32 Å². The second kappa shape index (κ2) is 7.43. The summed E-state index contributed by atoms with van der Waals surface area (Å²) >= 11 is 0. The van der Waals surface area contributed by atoms with Crippen molar-refractivity contribution in [1.82, 2.24) is 4.98 Å². The summed E-state index contributed by atoms with van der Waals surface area (Å²) in [6, 6.07) is 22.6. The minimum atomic E-state index is -1.04. The van der Waals surface area contributed by atoms with Gasteiger partial charge in [0, 0.05) is 11.3 Å². The number of aryl methyl sites for hydroxylation is 1. The zero-order valence-corrected chi connectivity index (χ0v) is 16.6. The third-order valence-corrected chi connectivity index (χ3v) is 4.68. The van der Waals surface area contributed by atoms with Crippen LogP contribution in [0.15, 0.2) is 77.2 Å². The molecule has 1 heterocycles. The van der Waals surface area contributed by atoms with E-state index in [2.05, 4.69) is 10.3 Å². The maximum absolute atomic E-state index is 12.8. The number of aromatic nitrogens is 1. The van der Waals surface area contributed by atoms with Gasteiger partial charge in [-0.1, -0.05) is 36.4 Å². The number of para-hydroxylation sites is 1. The van der Waals surface area contributed by atoms with Gasteiger partial charge in [-0.15, -0.1) is 0 Å². The maximum Gasteiger partial charge on any atom is 0.267 e. The maximum atomic E-state index is 12.8. The van der Waals surface area contributed by atoms with Gasteiger partial charge in [-0.05, 0) is 62.7 Å². The van der Waals surface area contributed by atoms with E-state index >= 15 is 0 Å². The third-order valence-electron chi connectivity index (χ3n) is 4.68. The highest BCUT2D eigenvalue weighted by atomic mass is 16.5. The predicted octanol–water partition coefficient (Wildman–Crippen LogP) is 5.60. The molecule has 5 heteroatoms. The zero-order chi connectivity index (χ0) is 20.4. The Bertz CT molecular complexity index is 1160. The van der Waals surface area contributed by atoms with E-state index in [1.807, 2.05) is 67.6 Å². The zero-order valence-electron chi connectivity index (χ0n) is 16.6. The van der Waals surface area contributed by atoms with Gasteiger partial charge in [-0.3, -0.25) is 4.79 Å². The Kier molecular flexibility index (Phi) is 4.80. The fourth-order valence-electron chi connectivity index (χ4n) is 3.04. The summed E-state index contributed by atoms with van der Waals surface area (Å²) in [5.41, 5.74) is 2.99. The molecule has 4 rings (SSSR count). The Morgan fingerprint density at radius 2 is 1.72 bits per heavy atom. The molecule has 4 aromatic rings. The van der Waals surface area contributed by atoms with Gasteiger partial charge >= 0.3 is 0 Å². The van der Waals surface area contributed by atoms with Crippen molar-refractivity contribution in [3.8, 4) is 17.2 Å². The van der Waals surface area contributed by atoms with Crippen LogP contribution < -0.4 is 10.1 Å². The summed E-state index contributed by atoms with van der Waals surface area (Å²) in [5.74, 6) is 0.958. The van der Waals surface area contributed by atoms with Crippen molar-refractivity contribution in [3.05, 3.63) is 78.4 Å².